The highest BCUT2D eigenvalue weighted by atomic mass is 19.4. The Kier molecular flexibility index (Phi) is 5.04. The SMILES string of the molecule is CCOC(=O)C(c1ccc(C(F)(F)F)cc1F)n1cnc([N+](=O)[O-])c1. The van der Waals surface area contributed by atoms with Gasteiger partial charge < -0.3 is 14.9 Å². The first-order valence-corrected chi connectivity index (χ1v) is 6.86. The average Bonchev–Trinajstić information content (AvgIpc) is 2.98. The van der Waals surface area contributed by atoms with Crippen molar-refractivity contribution in [2.24, 2.45) is 0 Å². The van der Waals surface area contributed by atoms with Crippen LogP contribution in [0.2, 0.25) is 0 Å². The molecule has 1 aromatic heterocycles. The Hall–Kier alpha value is -2.98. The minimum Gasteiger partial charge on any atom is -0.464 e. The number of rotatable bonds is 5. The van der Waals surface area contributed by atoms with E-state index in [1.165, 1.54) is 6.92 Å². The number of imidazole rings is 1. The molecule has 2 rings (SSSR count). The highest BCUT2D eigenvalue weighted by molar-refractivity contribution is 5.78. The summed E-state index contributed by atoms with van der Waals surface area (Å²) in [6.45, 7) is 1.41. The fourth-order valence-electron chi connectivity index (χ4n) is 2.12. The van der Waals surface area contributed by atoms with E-state index in [0.717, 1.165) is 23.2 Å². The molecule has 0 saturated heterocycles. The van der Waals surface area contributed by atoms with Crippen molar-refractivity contribution in [1.82, 2.24) is 9.55 Å². The zero-order chi connectivity index (χ0) is 18.8. The molecule has 7 nitrogen and oxygen atoms in total. The van der Waals surface area contributed by atoms with Crippen molar-refractivity contribution >= 4 is 11.8 Å². The number of nitro groups is 1. The van der Waals surface area contributed by atoms with Crippen LogP contribution in [0.3, 0.4) is 0 Å². The quantitative estimate of drug-likeness (QED) is 0.353. The molecule has 0 fully saturated rings. The first-order valence-electron chi connectivity index (χ1n) is 6.86. The Balaban J connectivity index is 2.52. The second-order valence-corrected chi connectivity index (χ2v) is 4.82. The maximum absolute atomic E-state index is 14.2. The molecule has 0 amide bonds. The third-order valence-corrected chi connectivity index (χ3v) is 3.21. The van der Waals surface area contributed by atoms with Crippen molar-refractivity contribution in [3.8, 4) is 0 Å². The van der Waals surface area contributed by atoms with Gasteiger partial charge in [-0.05, 0) is 29.0 Å². The first-order chi connectivity index (χ1) is 11.6. The minimum atomic E-state index is -4.76. The number of nitrogens with zero attached hydrogens (tertiary/aromatic N) is 3. The normalized spacial score (nSPS) is 12.7. The van der Waals surface area contributed by atoms with Crippen molar-refractivity contribution in [3.05, 3.63) is 57.8 Å². The molecule has 0 radical (unpaired) electrons. The zero-order valence-electron chi connectivity index (χ0n) is 12.7. The van der Waals surface area contributed by atoms with E-state index >= 15 is 0 Å². The van der Waals surface area contributed by atoms with E-state index in [1.807, 2.05) is 0 Å². The van der Waals surface area contributed by atoms with E-state index in [4.69, 9.17) is 4.74 Å². The number of benzene rings is 1. The Bertz CT molecular complexity index is 804. The lowest BCUT2D eigenvalue weighted by atomic mass is 10.0. The van der Waals surface area contributed by atoms with Gasteiger partial charge in [0.25, 0.3) is 0 Å². The minimum absolute atomic E-state index is 0.0750. The summed E-state index contributed by atoms with van der Waals surface area (Å²) in [7, 11) is 0. The second kappa shape index (κ2) is 6.87. The highest BCUT2D eigenvalue weighted by Crippen LogP contribution is 2.32. The predicted octanol–water partition coefficient (Wildman–Crippen LogP) is 3.10. The number of hydrogen-bond donors (Lipinski definition) is 0. The van der Waals surface area contributed by atoms with Crippen LogP contribution in [0, 0.1) is 15.9 Å². The molecule has 2 aromatic rings. The number of alkyl halides is 3. The van der Waals surface area contributed by atoms with Gasteiger partial charge in [0, 0.05) is 5.56 Å². The molecule has 0 N–H and O–H groups in total. The third kappa shape index (κ3) is 3.92. The first kappa shape index (κ1) is 18.4. The van der Waals surface area contributed by atoms with Crippen LogP contribution >= 0.6 is 0 Å². The van der Waals surface area contributed by atoms with Crippen molar-refractivity contribution in [3.63, 3.8) is 0 Å². The van der Waals surface area contributed by atoms with E-state index in [9.17, 15) is 32.5 Å². The Morgan fingerprint density at radius 3 is 2.60 bits per heavy atom. The third-order valence-electron chi connectivity index (χ3n) is 3.21. The molecule has 0 aliphatic carbocycles. The highest BCUT2D eigenvalue weighted by Gasteiger charge is 2.34. The molecule has 1 heterocycles. The lowest BCUT2D eigenvalue weighted by molar-refractivity contribution is -0.389. The number of ether oxygens (including phenoxy) is 1. The van der Waals surface area contributed by atoms with E-state index in [1.54, 1.807) is 0 Å². The number of aromatic nitrogens is 2. The molecule has 134 valence electrons. The van der Waals surface area contributed by atoms with Gasteiger partial charge in [-0.25, -0.2) is 9.18 Å². The Labute approximate surface area is 138 Å². The van der Waals surface area contributed by atoms with Gasteiger partial charge >= 0.3 is 18.0 Å². The Morgan fingerprint density at radius 1 is 1.44 bits per heavy atom. The lowest BCUT2D eigenvalue weighted by Gasteiger charge is -2.18. The van der Waals surface area contributed by atoms with Crippen LogP contribution in [0.15, 0.2) is 30.7 Å². The molecule has 0 aliphatic heterocycles. The summed E-state index contributed by atoms with van der Waals surface area (Å²) in [6.07, 6.45) is -3.00. The Morgan fingerprint density at radius 2 is 2.12 bits per heavy atom. The lowest BCUT2D eigenvalue weighted by Crippen LogP contribution is -2.23. The largest absolute Gasteiger partial charge is 0.464 e. The van der Waals surface area contributed by atoms with Gasteiger partial charge in [0.05, 0.1) is 12.2 Å². The molecular weight excluding hydrogens is 350 g/mol. The van der Waals surface area contributed by atoms with Crippen molar-refractivity contribution in [2.75, 3.05) is 6.61 Å². The summed E-state index contributed by atoms with van der Waals surface area (Å²) >= 11 is 0. The molecule has 1 unspecified atom stereocenters. The predicted molar refractivity (Wildman–Crippen MR) is 75.1 cm³/mol. The molecule has 1 atom stereocenters. The number of carbonyl (C=O) groups is 1. The van der Waals surface area contributed by atoms with Gasteiger partial charge in [-0.3, -0.25) is 4.57 Å². The van der Waals surface area contributed by atoms with Crippen LogP contribution in [0.25, 0.3) is 0 Å². The van der Waals surface area contributed by atoms with Gasteiger partial charge in [-0.2, -0.15) is 13.2 Å². The standard InChI is InChI=1S/C14H11F4N3O4/c1-2-25-13(22)12(20-6-11(19-7-20)21(23)24)9-4-3-8(5-10(9)15)14(16,17)18/h3-7,12H,2H2,1H3. The fourth-order valence-corrected chi connectivity index (χ4v) is 2.12. The van der Waals surface area contributed by atoms with Gasteiger partial charge in [-0.15, -0.1) is 0 Å². The molecule has 1 aromatic carbocycles. The molecule has 25 heavy (non-hydrogen) atoms. The van der Waals surface area contributed by atoms with Crippen LogP contribution < -0.4 is 0 Å². The molecule has 0 spiro atoms. The number of halogens is 4. The number of esters is 1. The summed E-state index contributed by atoms with van der Waals surface area (Å²) in [4.78, 5) is 25.4. The van der Waals surface area contributed by atoms with Crippen LogP contribution in [-0.4, -0.2) is 27.1 Å². The van der Waals surface area contributed by atoms with Crippen LogP contribution in [0.4, 0.5) is 23.4 Å². The van der Waals surface area contributed by atoms with Gasteiger partial charge in [0.15, 0.2) is 6.04 Å². The maximum atomic E-state index is 14.2. The average molecular weight is 361 g/mol. The van der Waals surface area contributed by atoms with Gasteiger partial charge in [0.1, 0.15) is 12.0 Å². The van der Waals surface area contributed by atoms with Crippen molar-refractivity contribution < 1.29 is 32.0 Å². The van der Waals surface area contributed by atoms with E-state index < -0.39 is 45.9 Å². The summed E-state index contributed by atoms with van der Waals surface area (Å²) < 4.78 is 57.8. The maximum Gasteiger partial charge on any atom is 0.416 e. The summed E-state index contributed by atoms with van der Waals surface area (Å²) in [5.74, 6) is -2.90. The molecule has 0 bridgehead atoms. The summed E-state index contributed by atoms with van der Waals surface area (Å²) in [5.41, 5.74) is -1.66. The van der Waals surface area contributed by atoms with Crippen molar-refractivity contribution in [2.45, 2.75) is 19.1 Å². The monoisotopic (exact) mass is 361 g/mol. The van der Waals surface area contributed by atoms with Crippen LogP contribution in [0.1, 0.15) is 24.1 Å². The summed E-state index contributed by atoms with van der Waals surface area (Å²) in [6, 6.07) is 0.0810. The van der Waals surface area contributed by atoms with E-state index in [0.29, 0.717) is 6.07 Å². The van der Waals surface area contributed by atoms with Gasteiger partial charge in [0.2, 0.25) is 6.33 Å². The topological polar surface area (TPSA) is 87.3 Å². The molecule has 0 saturated carbocycles. The van der Waals surface area contributed by atoms with Crippen LogP contribution in [0.5, 0.6) is 0 Å². The number of carbonyl (C=O) groups excluding carboxylic acids is 1. The smallest absolute Gasteiger partial charge is 0.416 e. The van der Waals surface area contributed by atoms with Gasteiger partial charge in [-0.1, -0.05) is 6.07 Å². The van der Waals surface area contributed by atoms with E-state index in [-0.39, 0.29) is 12.7 Å². The zero-order valence-corrected chi connectivity index (χ0v) is 12.7. The molecule has 0 aliphatic rings. The number of hydrogen-bond acceptors (Lipinski definition) is 5. The second-order valence-electron chi connectivity index (χ2n) is 4.82. The molecular formula is C14H11F4N3O4. The molecule has 11 heteroatoms. The summed E-state index contributed by atoms with van der Waals surface area (Å²) in [5, 5.41) is 10.7. The van der Waals surface area contributed by atoms with Crippen LogP contribution in [-0.2, 0) is 15.7 Å². The van der Waals surface area contributed by atoms with Crippen molar-refractivity contribution in [1.29, 1.82) is 0 Å². The fraction of sp³-hybridized carbons (Fsp3) is 0.286. The van der Waals surface area contributed by atoms with E-state index in [2.05, 4.69) is 4.98 Å².